The first-order valence-electron chi connectivity index (χ1n) is 6.62. The van der Waals surface area contributed by atoms with Crippen LogP contribution in [0.5, 0.6) is 0 Å². The summed E-state index contributed by atoms with van der Waals surface area (Å²) in [6.45, 7) is 7.71. The lowest BCUT2D eigenvalue weighted by molar-refractivity contribution is 0.309. The normalized spacial score (nSPS) is 26.4. The topological polar surface area (TPSA) is 12.0 Å². The molecule has 0 bridgehead atoms. The molecule has 1 aromatic rings. The van der Waals surface area contributed by atoms with Crippen molar-refractivity contribution in [3.05, 3.63) is 20.8 Å². The van der Waals surface area contributed by atoms with Gasteiger partial charge in [0, 0.05) is 10.9 Å². The van der Waals surface area contributed by atoms with Crippen LogP contribution >= 0.6 is 22.9 Å². The van der Waals surface area contributed by atoms with Gasteiger partial charge >= 0.3 is 0 Å². The first-order valence-corrected chi connectivity index (χ1v) is 7.82. The molecule has 1 fully saturated rings. The SMILES string of the molecule is CCNC(c1cc(C)c(Cl)s1)C1CCCC1C. The molecule has 0 spiro atoms. The summed E-state index contributed by atoms with van der Waals surface area (Å²) in [7, 11) is 0. The van der Waals surface area contributed by atoms with Crippen LogP contribution in [0.4, 0.5) is 0 Å². The van der Waals surface area contributed by atoms with E-state index in [4.69, 9.17) is 11.6 Å². The predicted octanol–water partition coefficient (Wildman–Crippen LogP) is 4.80. The lowest BCUT2D eigenvalue weighted by Crippen LogP contribution is -2.28. The summed E-state index contributed by atoms with van der Waals surface area (Å²) in [5, 5.41) is 3.66. The minimum Gasteiger partial charge on any atom is -0.309 e. The van der Waals surface area contributed by atoms with Crippen LogP contribution in [0.25, 0.3) is 0 Å². The number of rotatable bonds is 4. The highest BCUT2D eigenvalue weighted by molar-refractivity contribution is 7.16. The Bertz CT molecular complexity index is 355. The van der Waals surface area contributed by atoms with E-state index in [1.54, 1.807) is 11.3 Å². The molecule has 1 saturated carbocycles. The van der Waals surface area contributed by atoms with Crippen LogP contribution in [-0.4, -0.2) is 6.54 Å². The summed E-state index contributed by atoms with van der Waals surface area (Å²) in [5.74, 6) is 1.62. The van der Waals surface area contributed by atoms with Crippen molar-refractivity contribution < 1.29 is 0 Å². The van der Waals surface area contributed by atoms with E-state index in [0.717, 1.165) is 22.7 Å². The van der Waals surface area contributed by atoms with Crippen molar-refractivity contribution >= 4 is 22.9 Å². The van der Waals surface area contributed by atoms with Crippen LogP contribution in [0.15, 0.2) is 6.07 Å². The highest BCUT2D eigenvalue weighted by atomic mass is 35.5. The van der Waals surface area contributed by atoms with E-state index in [9.17, 15) is 0 Å². The van der Waals surface area contributed by atoms with Crippen molar-refractivity contribution in [1.29, 1.82) is 0 Å². The zero-order valence-electron chi connectivity index (χ0n) is 10.9. The minimum atomic E-state index is 0.508. The Hall–Kier alpha value is -0.0500. The molecular weight excluding hydrogens is 250 g/mol. The van der Waals surface area contributed by atoms with Gasteiger partial charge in [0.25, 0.3) is 0 Å². The van der Waals surface area contributed by atoms with Gasteiger partial charge in [0.15, 0.2) is 0 Å². The average Bonchev–Trinajstić information content (AvgIpc) is 2.83. The van der Waals surface area contributed by atoms with Crippen molar-refractivity contribution in [2.75, 3.05) is 6.54 Å². The van der Waals surface area contributed by atoms with Crippen LogP contribution < -0.4 is 5.32 Å². The molecule has 1 N–H and O–H groups in total. The molecule has 0 aromatic carbocycles. The van der Waals surface area contributed by atoms with E-state index in [-0.39, 0.29) is 0 Å². The molecule has 2 rings (SSSR count). The quantitative estimate of drug-likeness (QED) is 0.830. The van der Waals surface area contributed by atoms with Gasteiger partial charge in [0.05, 0.1) is 4.34 Å². The molecule has 0 saturated heterocycles. The maximum Gasteiger partial charge on any atom is 0.0960 e. The number of aryl methyl sites for hydroxylation is 1. The van der Waals surface area contributed by atoms with Gasteiger partial charge < -0.3 is 5.32 Å². The first kappa shape index (κ1) is 13.4. The van der Waals surface area contributed by atoms with Gasteiger partial charge in [-0.3, -0.25) is 0 Å². The molecular formula is C14H22ClNS. The van der Waals surface area contributed by atoms with Gasteiger partial charge in [0.1, 0.15) is 0 Å². The molecule has 1 heterocycles. The smallest absolute Gasteiger partial charge is 0.0960 e. The summed E-state index contributed by atoms with van der Waals surface area (Å²) in [6.07, 6.45) is 4.11. The molecule has 1 nitrogen and oxygen atoms in total. The lowest BCUT2D eigenvalue weighted by Gasteiger charge is -2.26. The lowest BCUT2D eigenvalue weighted by atomic mass is 9.89. The van der Waals surface area contributed by atoms with E-state index in [0.29, 0.717) is 6.04 Å². The van der Waals surface area contributed by atoms with Crippen molar-refractivity contribution in [2.45, 2.75) is 46.1 Å². The fourth-order valence-electron chi connectivity index (χ4n) is 2.99. The molecule has 0 amide bonds. The number of thiophene rings is 1. The molecule has 1 aromatic heterocycles. The summed E-state index contributed by atoms with van der Waals surface area (Å²) >= 11 is 7.96. The molecule has 96 valence electrons. The van der Waals surface area contributed by atoms with E-state index in [2.05, 4.69) is 32.2 Å². The van der Waals surface area contributed by atoms with Crippen molar-refractivity contribution in [1.82, 2.24) is 5.32 Å². The number of hydrogen-bond acceptors (Lipinski definition) is 2. The van der Waals surface area contributed by atoms with E-state index in [1.807, 2.05) is 0 Å². The van der Waals surface area contributed by atoms with Gasteiger partial charge in [0.2, 0.25) is 0 Å². The van der Waals surface area contributed by atoms with Crippen LogP contribution in [0.3, 0.4) is 0 Å². The molecule has 3 heteroatoms. The Labute approximate surface area is 114 Å². The molecule has 0 aliphatic heterocycles. The van der Waals surface area contributed by atoms with Crippen LogP contribution in [0.1, 0.15) is 49.6 Å². The first-order chi connectivity index (χ1) is 8.13. The summed E-state index contributed by atoms with van der Waals surface area (Å²) in [4.78, 5) is 1.42. The predicted molar refractivity (Wildman–Crippen MR) is 77.0 cm³/mol. The molecule has 1 aliphatic carbocycles. The number of hydrogen-bond donors (Lipinski definition) is 1. The Kier molecular flexibility index (Phi) is 4.51. The van der Waals surface area contributed by atoms with E-state index >= 15 is 0 Å². The van der Waals surface area contributed by atoms with Gasteiger partial charge in [-0.25, -0.2) is 0 Å². The molecule has 3 atom stereocenters. The Morgan fingerprint density at radius 3 is 2.76 bits per heavy atom. The fraction of sp³-hybridized carbons (Fsp3) is 0.714. The fourth-order valence-corrected chi connectivity index (χ4v) is 4.36. The minimum absolute atomic E-state index is 0.508. The van der Waals surface area contributed by atoms with Crippen molar-refractivity contribution in [2.24, 2.45) is 11.8 Å². The third-order valence-electron chi connectivity index (χ3n) is 3.96. The monoisotopic (exact) mass is 271 g/mol. The van der Waals surface area contributed by atoms with Gasteiger partial charge in [-0.15, -0.1) is 11.3 Å². The Morgan fingerprint density at radius 1 is 1.53 bits per heavy atom. The van der Waals surface area contributed by atoms with Crippen molar-refractivity contribution in [3.63, 3.8) is 0 Å². The van der Waals surface area contributed by atoms with E-state index < -0.39 is 0 Å². The number of halogens is 1. The van der Waals surface area contributed by atoms with E-state index in [1.165, 1.54) is 29.7 Å². The third-order valence-corrected chi connectivity index (χ3v) is 5.60. The standard InChI is InChI=1S/C14H22ClNS/c1-4-16-13(11-7-5-6-9(11)2)12-8-10(3)14(15)17-12/h8-9,11,13,16H,4-7H2,1-3H3. The van der Waals surface area contributed by atoms with Crippen LogP contribution in [0, 0.1) is 18.8 Å². The zero-order valence-corrected chi connectivity index (χ0v) is 12.5. The molecule has 1 aliphatic rings. The summed E-state index contributed by atoms with van der Waals surface area (Å²) in [6, 6.07) is 2.78. The van der Waals surface area contributed by atoms with Gasteiger partial charge in [-0.1, -0.05) is 38.3 Å². The Balaban J connectivity index is 2.21. The third kappa shape index (κ3) is 2.86. The highest BCUT2D eigenvalue weighted by Crippen LogP contribution is 2.43. The molecule has 3 unspecified atom stereocenters. The maximum absolute atomic E-state index is 6.21. The molecule has 17 heavy (non-hydrogen) atoms. The van der Waals surface area contributed by atoms with Crippen LogP contribution in [-0.2, 0) is 0 Å². The van der Waals surface area contributed by atoms with Crippen molar-refractivity contribution in [3.8, 4) is 0 Å². The summed E-state index contributed by atoms with van der Waals surface area (Å²) in [5.41, 5.74) is 1.22. The second kappa shape index (κ2) is 5.73. The zero-order chi connectivity index (χ0) is 12.4. The second-order valence-corrected chi connectivity index (χ2v) is 6.90. The van der Waals surface area contributed by atoms with Crippen LogP contribution in [0.2, 0.25) is 4.34 Å². The largest absolute Gasteiger partial charge is 0.309 e. The Morgan fingerprint density at radius 2 is 2.29 bits per heavy atom. The molecule has 0 radical (unpaired) electrons. The number of nitrogens with one attached hydrogen (secondary N) is 1. The maximum atomic E-state index is 6.21. The van der Waals surface area contributed by atoms with Gasteiger partial charge in [-0.2, -0.15) is 0 Å². The highest BCUT2D eigenvalue weighted by Gasteiger charge is 2.32. The second-order valence-electron chi connectivity index (χ2n) is 5.21. The van der Waals surface area contributed by atoms with Gasteiger partial charge in [-0.05, 0) is 43.4 Å². The summed E-state index contributed by atoms with van der Waals surface area (Å²) < 4.78 is 0.952. The average molecular weight is 272 g/mol.